The Morgan fingerprint density at radius 3 is 2.46 bits per heavy atom. The van der Waals surface area contributed by atoms with Crippen LogP contribution in [-0.4, -0.2) is 41.4 Å². The van der Waals surface area contributed by atoms with Gasteiger partial charge in [-0.25, -0.2) is 4.79 Å². The van der Waals surface area contributed by atoms with Crippen LogP contribution in [0.2, 0.25) is 0 Å². The second-order valence-electron chi connectivity index (χ2n) is 6.39. The van der Waals surface area contributed by atoms with Crippen LogP contribution in [0.25, 0.3) is 0 Å². The number of benzene rings is 1. The number of amides is 3. The minimum atomic E-state index is -0.406. The largest absolute Gasteiger partial charge is 0.357 e. The summed E-state index contributed by atoms with van der Waals surface area (Å²) in [6.07, 6.45) is 1.18. The van der Waals surface area contributed by atoms with Crippen molar-refractivity contribution in [3.8, 4) is 0 Å². The van der Waals surface area contributed by atoms with Gasteiger partial charge in [-0.15, -0.1) is 0 Å². The Morgan fingerprint density at radius 1 is 1.33 bits per heavy atom. The molecule has 1 unspecified atom stereocenters. The van der Waals surface area contributed by atoms with Gasteiger partial charge in [0.1, 0.15) is 0 Å². The molecule has 1 aromatic rings. The van der Waals surface area contributed by atoms with Crippen LogP contribution in [0.15, 0.2) is 30.5 Å². The summed E-state index contributed by atoms with van der Waals surface area (Å²) in [4.78, 5) is 26.9. The molecule has 132 valence electrons. The summed E-state index contributed by atoms with van der Waals surface area (Å²) < 4.78 is 0. The lowest BCUT2D eigenvalue weighted by atomic mass is 10.1. The van der Waals surface area contributed by atoms with E-state index in [1.165, 1.54) is 4.90 Å². The van der Waals surface area contributed by atoms with Crippen molar-refractivity contribution in [1.82, 2.24) is 9.80 Å². The predicted octanol–water partition coefficient (Wildman–Crippen LogP) is 3.93. The molecule has 1 aromatic carbocycles. The van der Waals surface area contributed by atoms with Crippen LogP contribution >= 0.6 is 0 Å². The van der Waals surface area contributed by atoms with Crippen molar-refractivity contribution < 1.29 is 9.59 Å². The minimum absolute atomic E-state index is 0.0118. The van der Waals surface area contributed by atoms with Gasteiger partial charge in [0.05, 0.1) is 6.04 Å². The van der Waals surface area contributed by atoms with E-state index in [2.05, 4.69) is 11.9 Å². The van der Waals surface area contributed by atoms with Gasteiger partial charge in [-0.2, -0.15) is 0 Å². The monoisotopic (exact) mass is 331 g/mol. The van der Waals surface area contributed by atoms with E-state index in [9.17, 15) is 9.59 Å². The maximum absolute atomic E-state index is 12.5. The van der Waals surface area contributed by atoms with Crippen LogP contribution in [-0.2, 0) is 4.79 Å². The molecule has 0 saturated heterocycles. The van der Waals surface area contributed by atoms with Crippen LogP contribution in [0.1, 0.15) is 38.3 Å². The molecule has 1 N–H and O–H groups in total. The van der Waals surface area contributed by atoms with Crippen molar-refractivity contribution in [1.29, 1.82) is 0 Å². The van der Waals surface area contributed by atoms with Gasteiger partial charge in [-0.3, -0.25) is 9.69 Å². The molecule has 0 heterocycles. The zero-order valence-electron chi connectivity index (χ0n) is 15.6. The van der Waals surface area contributed by atoms with E-state index in [1.54, 1.807) is 11.9 Å². The zero-order valence-corrected chi connectivity index (χ0v) is 15.6. The second-order valence-corrected chi connectivity index (χ2v) is 6.39. The minimum Gasteiger partial charge on any atom is -0.357 e. The smallest absolute Gasteiger partial charge is 0.327 e. The van der Waals surface area contributed by atoms with Crippen molar-refractivity contribution in [2.75, 3.05) is 12.4 Å². The second kappa shape index (κ2) is 8.52. The van der Waals surface area contributed by atoms with Gasteiger partial charge in [0, 0.05) is 24.5 Å². The van der Waals surface area contributed by atoms with Gasteiger partial charge < -0.3 is 10.2 Å². The molecule has 5 heteroatoms. The molecule has 1 atom stereocenters. The summed E-state index contributed by atoms with van der Waals surface area (Å²) in [7, 11) is 1.69. The third-order valence-corrected chi connectivity index (χ3v) is 4.22. The van der Waals surface area contributed by atoms with Gasteiger partial charge in [0.15, 0.2) is 0 Å². The van der Waals surface area contributed by atoms with Crippen LogP contribution in [0.3, 0.4) is 0 Å². The first-order valence-corrected chi connectivity index (χ1v) is 8.26. The molecule has 0 spiro atoms. The highest BCUT2D eigenvalue weighted by Crippen LogP contribution is 2.22. The standard InChI is InChI=1S/C19H29N3O2/c1-8-18(22(12-23)19(24)21(7)13(2)3)16(6)20-17-11-14(4)9-10-15(17)5/h9-13,18,20H,6,8H2,1-5,7H3. The summed E-state index contributed by atoms with van der Waals surface area (Å²) in [5.41, 5.74) is 3.78. The Kier molecular flexibility index (Phi) is 7.01. The molecule has 0 aliphatic heterocycles. The van der Waals surface area contributed by atoms with Crippen LogP contribution in [0.4, 0.5) is 10.5 Å². The Bertz CT molecular complexity index is 611. The van der Waals surface area contributed by atoms with E-state index in [1.807, 2.05) is 52.8 Å². The number of carbonyl (C=O) groups excluding carboxylic acids is 2. The van der Waals surface area contributed by atoms with E-state index in [0.29, 0.717) is 18.5 Å². The molecule has 0 aliphatic rings. The average molecular weight is 331 g/mol. The van der Waals surface area contributed by atoms with Gasteiger partial charge in [0.25, 0.3) is 0 Å². The van der Waals surface area contributed by atoms with E-state index >= 15 is 0 Å². The number of imide groups is 1. The van der Waals surface area contributed by atoms with Crippen molar-refractivity contribution in [2.45, 2.75) is 53.1 Å². The molecule has 1 rings (SSSR count). The molecule has 5 nitrogen and oxygen atoms in total. The number of nitrogens with one attached hydrogen (secondary N) is 1. The molecule has 0 aliphatic carbocycles. The fourth-order valence-electron chi connectivity index (χ4n) is 2.39. The van der Waals surface area contributed by atoms with E-state index in [0.717, 1.165) is 16.8 Å². The topological polar surface area (TPSA) is 52.7 Å². The van der Waals surface area contributed by atoms with Crippen molar-refractivity contribution in [3.05, 3.63) is 41.6 Å². The first-order valence-electron chi connectivity index (χ1n) is 8.26. The first kappa shape index (κ1) is 19.7. The van der Waals surface area contributed by atoms with Gasteiger partial charge >= 0.3 is 6.03 Å². The number of rotatable bonds is 7. The summed E-state index contributed by atoms with van der Waals surface area (Å²) in [5, 5.41) is 3.27. The molecule has 0 bridgehead atoms. The number of anilines is 1. The van der Waals surface area contributed by atoms with Crippen molar-refractivity contribution >= 4 is 18.1 Å². The maximum Gasteiger partial charge on any atom is 0.327 e. The Morgan fingerprint density at radius 2 is 1.96 bits per heavy atom. The number of carbonyl (C=O) groups is 2. The number of hydrogen-bond acceptors (Lipinski definition) is 3. The Labute approximate surface area is 145 Å². The van der Waals surface area contributed by atoms with Gasteiger partial charge in [0.2, 0.25) is 6.41 Å². The average Bonchev–Trinajstić information content (AvgIpc) is 2.54. The van der Waals surface area contributed by atoms with E-state index < -0.39 is 6.04 Å². The van der Waals surface area contributed by atoms with Crippen LogP contribution < -0.4 is 5.32 Å². The number of nitrogens with zero attached hydrogens (tertiary/aromatic N) is 2. The highest BCUT2D eigenvalue weighted by Gasteiger charge is 2.28. The SMILES string of the molecule is C=C(Nc1cc(C)ccc1C)C(CC)N(C=O)C(=O)N(C)C(C)C. The highest BCUT2D eigenvalue weighted by molar-refractivity contribution is 5.86. The van der Waals surface area contributed by atoms with Crippen molar-refractivity contribution in [2.24, 2.45) is 0 Å². The molecule has 24 heavy (non-hydrogen) atoms. The van der Waals surface area contributed by atoms with Gasteiger partial charge in [-0.05, 0) is 51.3 Å². The summed E-state index contributed by atoms with van der Waals surface area (Å²) in [6, 6.07) is 5.38. The van der Waals surface area contributed by atoms with Gasteiger partial charge in [-0.1, -0.05) is 25.6 Å². The number of hydrogen-bond donors (Lipinski definition) is 1. The highest BCUT2D eigenvalue weighted by atomic mass is 16.2. The lowest BCUT2D eigenvalue weighted by Crippen LogP contribution is -2.49. The molecule has 0 saturated carbocycles. The molecule has 3 amide bonds. The quantitative estimate of drug-likeness (QED) is 0.770. The third-order valence-electron chi connectivity index (χ3n) is 4.22. The lowest BCUT2D eigenvalue weighted by Gasteiger charge is -2.33. The predicted molar refractivity (Wildman–Crippen MR) is 99.0 cm³/mol. The first-order chi connectivity index (χ1) is 11.2. The molecular formula is C19H29N3O2. The fourth-order valence-corrected chi connectivity index (χ4v) is 2.39. The Balaban J connectivity index is 3.01. The van der Waals surface area contributed by atoms with Crippen LogP contribution in [0.5, 0.6) is 0 Å². The summed E-state index contributed by atoms with van der Waals surface area (Å²) >= 11 is 0. The molecule has 0 aromatic heterocycles. The maximum atomic E-state index is 12.5. The molecule has 0 radical (unpaired) electrons. The lowest BCUT2D eigenvalue weighted by molar-refractivity contribution is -0.117. The fraction of sp³-hybridized carbons (Fsp3) is 0.474. The molecular weight excluding hydrogens is 302 g/mol. The summed E-state index contributed by atoms with van der Waals surface area (Å²) in [6.45, 7) is 13.8. The third kappa shape index (κ3) is 4.60. The summed E-state index contributed by atoms with van der Waals surface area (Å²) in [5.74, 6) is 0. The number of aryl methyl sites for hydroxylation is 2. The normalized spacial score (nSPS) is 11.8. The van der Waals surface area contributed by atoms with E-state index in [-0.39, 0.29) is 12.1 Å². The van der Waals surface area contributed by atoms with Crippen LogP contribution in [0, 0.1) is 13.8 Å². The molecule has 0 fully saturated rings. The van der Waals surface area contributed by atoms with Crippen molar-refractivity contribution in [3.63, 3.8) is 0 Å². The zero-order chi connectivity index (χ0) is 18.4. The Hall–Kier alpha value is -2.30. The van der Waals surface area contributed by atoms with E-state index in [4.69, 9.17) is 0 Å². The number of urea groups is 1.